The van der Waals surface area contributed by atoms with Gasteiger partial charge in [0, 0.05) is 13.1 Å². The molecule has 0 aliphatic rings. The molecule has 0 radical (unpaired) electrons. The molecule has 1 aromatic heterocycles. The number of hydrogen-bond acceptors (Lipinski definition) is 7. The van der Waals surface area contributed by atoms with Crippen molar-refractivity contribution < 1.29 is 17.9 Å². The van der Waals surface area contributed by atoms with Gasteiger partial charge in [-0.3, -0.25) is 9.69 Å². The quantitative estimate of drug-likeness (QED) is 0.344. The van der Waals surface area contributed by atoms with Crippen molar-refractivity contribution in [2.24, 2.45) is 0 Å². The summed E-state index contributed by atoms with van der Waals surface area (Å²) >= 11 is 1.48. The van der Waals surface area contributed by atoms with Crippen LogP contribution in [0.1, 0.15) is 40.2 Å². The maximum absolute atomic E-state index is 13.5. The standard InChI is InChI=1S/C26H35N3O4S2/c1-6-28(7-2)15-16-29(26-27-23-14-11-21(33-8-3)18-24(23)34-26)25(30)17-20-9-12-22(13-10-20)35(31,32)19(4)5/h9-14,18-19H,6-8,15-17H2,1-5H3. The molecule has 0 spiro atoms. The summed E-state index contributed by atoms with van der Waals surface area (Å²) in [5.41, 5.74) is 1.60. The third-order valence-electron chi connectivity index (χ3n) is 5.95. The lowest BCUT2D eigenvalue weighted by Gasteiger charge is -2.24. The molecule has 0 atom stereocenters. The zero-order valence-corrected chi connectivity index (χ0v) is 22.8. The van der Waals surface area contributed by atoms with Crippen molar-refractivity contribution >= 4 is 42.4 Å². The van der Waals surface area contributed by atoms with Crippen LogP contribution >= 0.6 is 11.3 Å². The second-order valence-electron chi connectivity index (χ2n) is 8.55. The van der Waals surface area contributed by atoms with Crippen LogP contribution in [0.25, 0.3) is 10.2 Å². The Balaban J connectivity index is 1.86. The first-order valence-electron chi connectivity index (χ1n) is 12.1. The summed E-state index contributed by atoms with van der Waals surface area (Å²) in [5, 5.41) is 0.164. The topological polar surface area (TPSA) is 79.8 Å². The first kappa shape index (κ1) is 27.1. The molecular formula is C26H35N3O4S2. The summed E-state index contributed by atoms with van der Waals surface area (Å²) < 4.78 is 31.4. The number of aromatic nitrogens is 1. The zero-order chi connectivity index (χ0) is 25.6. The summed E-state index contributed by atoms with van der Waals surface area (Å²) in [6.45, 7) is 13.1. The highest BCUT2D eigenvalue weighted by molar-refractivity contribution is 7.92. The Labute approximate surface area is 212 Å². The number of amides is 1. The molecule has 7 nitrogen and oxygen atoms in total. The van der Waals surface area contributed by atoms with Gasteiger partial charge in [-0.05, 0) is 69.8 Å². The summed E-state index contributed by atoms with van der Waals surface area (Å²) in [5.74, 6) is 0.716. The smallest absolute Gasteiger partial charge is 0.233 e. The van der Waals surface area contributed by atoms with Crippen LogP contribution < -0.4 is 9.64 Å². The van der Waals surface area contributed by atoms with Crippen molar-refractivity contribution in [3.8, 4) is 5.75 Å². The molecule has 0 unspecified atom stereocenters. The average Bonchev–Trinajstić information content (AvgIpc) is 3.25. The van der Waals surface area contributed by atoms with Crippen LogP contribution in [-0.2, 0) is 21.1 Å². The van der Waals surface area contributed by atoms with Gasteiger partial charge in [0.05, 0.1) is 33.4 Å². The van der Waals surface area contributed by atoms with Gasteiger partial charge in [-0.1, -0.05) is 37.3 Å². The Bertz CT molecular complexity index is 1230. The predicted molar refractivity (Wildman–Crippen MR) is 143 cm³/mol. The Hall–Kier alpha value is -2.49. The van der Waals surface area contributed by atoms with E-state index < -0.39 is 15.1 Å². The molecule has 3 rings (SSSR count). The lowest BCUT2D eigenvalue weighted by atomic mass is 10.1. The number of anilines is 1. The number of nitrogens with zero attached hydrogens (tertiary/aromatic N) is 3. The molecule has 2 aromatic carbocycles. The molecule has 0 bridgehead atoms. The second-order valence-corrected chi connectivity index (χ2v) is 12.1. The lowest BCUT2D eigenvalue weighted by molar-refractivity contribution is -0.118. The SMILES string of the molecule is CCOc1ccc2nc(N(CCN(CC)CC)C(=O)Cc3ccc(S(=O)(=O)C(C)C)cc3)sc2c1. The number of thiazole rings is 1. The van der Waals surface area contributed by atoms with Crippen molar-refractivity contribution in [3.05, 3.63) is 48.0 Å². The minimum absolute atomic E-state index is 0.0688. The molecule has 3 aromatic rings. The number of carbonyl (C=O) groups is 1. The van der Waals surface area contributed by atoms with Gasteiger partial charge in [-0.2, -0.15) is 0 Å². The third kappa shape index (κ3) is 6.59. The van der Waals surface area contributed by atoms with Gasteiger partial charge in [0.1, 0.15) is 5.75 Å². The summed E-state index contributed by atoms with van der Waals surface area (Å²) in [6, 6.07) is 12.4. The number of fused-ring (bicyclic) bond motifs is 1. The van der Waals surface area contributed by atoms with E-state index in [0.29, 0.717) is 18.3 Å². The fraction of sp³-hybridized carbons (Fsp3) is 0.462. The minimum atomic E-state index is -3.35. The van der Waals surface area contributed by atoms with E-state index in [1.54, 1.807) is 43.0 Å². The van der Waals surface area contributed by atoms with E-state index in [1.165, 1.54) is 11.3 Å². The fourth-order valence-electron chi connectivity index (χ4n) is 3.71. The van der Waals surface area contributed by atoms with Crippen molar-refractivity contribution in [1.29, 1.82) is 0 Å². The van der Waals surface area contributed by atoms with Crippen LogP contribution in [0.3, 0.4) is 0 Å². The van der Waals surface area contributed by atoms with Gasteiger partial charge in [0.2, 0.25) is 5.91 Å². The predicted octanol–water partition coefficient (Wildman–Crippen LogP) is 4.79. The molecule has 9 heteroatoms. The van der Waals surface area contributed by atoms with Crippen LogP contribution in [0.15, 0.2) is 47.4 Å². The van der Waals surface area contributed by atoms with Crippen molar-refractivity contribution in [2.75, 3.05) is 37.7 Å². The number of likely N-dealkylation sites (N-methyl/N-ethyl adjacent to an activating group) is 1. The fourth-order valence-corrected chi connectivity index (χ4v) is 5.81. The largest absolute Gasteiger partial charge is 0.494 e. The Morgan fingerprint density at radius 2 is 1.71 bits per heavy atom. The van der Waals surface area contributed by atoms with Crippen LogP contribution in [-0.4, -0.2) is 62.2 Å². The average molecular weight is 518 g/mol. The van der Waals surface area contributed by atoms with E-state index in [-0.39, 0.29) is 17.2 Å². The number of benzene rings is 2. The molecule has 0 aliphatic carbocycles. The second kappa shape index (κ2) is 12.0. The van der Waals surface area contributed by atoms with Gasteiger partial charge >= 0.3 is 0 Å². The minimum Gasteiger partial charge on any atom is -0.494 e. The molecule has 35 heavy (non-hydrogen) atoms. The van der Waals surface area contributed by atoms with Gasteiger partial charge in [0.15, 0.2) is 15.0 Å². The number of sulfone groups is 1. The van der Waals surface area contributed by atoms with Gasteiger partial charge in [-0.25, -0.2) is 13.4 Å². The molecule has 190 valence electrons. The van der Waals surface area contributed by atoms with E-state index >= 15 is 0 Å². The highest BCUT2D eigenvalue weighted by atomic mass is 32.2. The van der Waals surface area contributed by atoms with E-state index in [2.05, 4.69) is 18.7 Å². The zero-order valence-electron chi connectivity index (χ0n) is 21.2. The first-order valence-corrected chi connectivity index (χ1v) is 14.4. The normalized spacial score (nSPS) is 12.0. The maximum atomic E-state index is 13.5. The van der Waals surface area contributed by atoms with Crippen molar-refractivity contribution in [2.45, 2.75) is 51.2 Å². The number of rotatable bonds is 12. The summed E-state index contributed by atoms with van der Waals surface area (Å²) in [4.78, 5) is 22.5. The monoisotopic (exact) mass is 517 g/mol. The van der Waals surface area contributed by atoms with Gasteiger partial charge in [0.25, 0.3) is 0 Å². The number of ether oxygens (including phenoxy) is 1. The lowest BCUT2D eigenvalue weighted by Crippen LogP contribution is -2.39. The van der Waals surface area contributed by atoms with E-state index in [4.69, 9.17) is 9.72 Å². The molecule has 1 amide bonds. The first-order chi connectivity index (χ1) is 16.7. The van der Waals surface area contributed by atoms with Crippen LogP contribution in [0.4, 0.5) is 5.13 Å². The molecule has 0 aliphatic heterocycles. The van der Waals surface area contributed by atoms with Crippen LogP contribution in [0, 0.1) is 0 Å². The highest BCUT2D eigenvalue weighted by Gasteiger charge is 2.22. The van der Waals surface area contributed by atoms with Gasteiger partial charge in [-0.15, -0.1) is 0 Å². The maximum Gasteiger partial charge on any atom is 0.233 e. The van der Waals surface area contributed by atoms with Crippen molar-refractivity contribution in [1.82, 2.24) is 9.88 Å². The summed E-state index contributed by atoms with van der Waals surface area (Å²) in [6.07, 6.45) is 0.167. The van der Waals surface area contributed by atoms with Gasteiger partial charge < -0.3 is 9.64 Å². The third-order valence-corrected chi connectivity index (χ3v) is 9.17. The molecule has 1 heterocycles. The number of carbonyl (C=O) groups excluding carboxylic acids is 1. The van der Waals surface area contributed by atoms with Crippen LogP contribution in [0.2, 0.25) is 0 Å². The Morgan fingerprint density at radius 1 is 1.03 bits per heavy atom. The number of hydrogen-bond donors (Lipinski definition) is 0. The molecule has 0 saturated carbocycles. The van der Waals surface area contributed by atoms with Crippen LogP contribution in [0.5, 0.6) is 5.75 Å². The van der Waals surface area contributed by atoms with E-state index in [9.17, 15) is 13.2 Å². The van der Waals surface area contributed by atoms with E-state index in [1.807, 2.05) is 25.1 Å². The van der Waals surface area contributed by atoms with E-state index in [0.717, 1.165) is 41.2 Å². The molecule has 0 saturated heterocycles. The Morgan fingerprint density at radius 3 is 2.31 bits per heavy atom. The molecule has 0 N–H and O–H groups in total. The summed E-state index contributed by atoms with van der Waals surface area (Å²) in [7, 11) is -3.35. The molecular weight excluding hydrogens is 482 g/mol. The molecule has 0 fully saturated rings. The van der Waals surface area contributed by atoms with Crippen molar-refractivity contribution in [3.63, 3.8) is 0 Å². The highest BCUT2D eigenvalue weighted by Crippen LogP contribution is 2.32. The Kier molecular flexibility index (Phi) is 9.27.